The van der Waals surface area contributed by atoms with Crippen molar-refractivity contribution in [3.05, 3.63) is 54.9 Å². The summed E-state index contributed by atoms with van der Waals surface area (Å²) in [6.45, 7) is 4.79. The van der Waals surface area contributed by atoms with E-state index < -0.39 is 0 Å². The molecule has 1 saturated heterocycles. The number of imidazole rings is 1. The molecule has 0 bridgehead atoms. The van der Waals surface area contributed by atoms with E-state index in [4.69, 9.17) is 4.74 Å². The lowest BCUT2D eigenvalue weighted by Crippen LogP contribution is -2.34. The van der Waals surface area contributed by atoms with Gasteiger partial charge in [-0.05, 0) is 43.5 Å². The number of amides is 2. The molecule has 9 nitrogen and oxygen atoms in total. The largest absolute Gasteiger partial charge is 0.494 e. The lowest BCUT2D eigenvalue weighted by Gasteiger charge is -2.26. The van der Waals surface area contributed by atoms with Crippen molar-refractivity contribution in [1.29, 1.82) is 0 Å². The highest BCUT2D eigenvalue weighted by Crippen LogP contribution is 2.35. The summed E-state index contributed by atoms with van der Waals surface area (Å²) in [5.41, 5.74) is 1.87. The maximum absolute atomic E-state index is 12.8. The van der Waals surface area contributed by atoms with Crippen LogP contribution < -0.4 is 10.1 Å². The van der Waals surface area contributed by atoms with E-state index >= 15 is 0 Å². The molecule has 1 aliphatic rings. The van der Waals surface area contributed by atoms with Crippen LogP contribution in [0.2, 0.25) is 0 Å². The van der Waals surface area contributed by atoms with Gasteiger partial charge in [-0.25, -0.2) is 4.98 Å². The molecule has 1 unspecified atom stereocenters. The Hall–Kier alpha value is -3.75. The number of anilines is 1. The van der Waals surface area contributed by atoms with Crippen molar-refractivity contribution in [1.82, 2.24) is 24.6 Å². The van der Waals surface area contributed by atoms with Gasteiger partial charge in [0.1, 0.15) is 11.3 Å². The number of carbonyl (C=O) groups excluding carboxylic acids is 2. The van der Waals surface area contributed by atoms with Crippen LogP contribution in [0.3, 0.4) is 0 Å². The lowest BCUT2D eigenvalue weighted by molar-refractivity contribution is -0.126. The maximum atomic E-state index is 12.8. The third kappa shape index (κ3) is 4.11. The van der Waals surface area contributed by atoms with Crippen molar-refractivity contribution in [2.24, 2.45) is 0 Å². The van der Waals surface area contributed by atoms with Crippen LogP contribution in [0.4, 0.5) is 5.95 Å². The zero-order valence-corrected chi connectivity index (χ0v) is 17.3. The third-order valence-electron chi connectivity index (χ3n) is 5.46. The van der Waals surface area contributed by atoms with E-state index in [0.717, 1.165) is 24.8 Å². The molecular weight excluding hydrogens is 396 g/mol. The van der Waals surface area contributed by atoms with E-state index in [0.29, 0.717) is 35.9 Å². The molecule has 1 fully saturated rings. The number of nitrogens with zero attached hydrogens (tertiary/aromatic N) is 5. The summed E-state index contributed by atoms with van der Waals surface area (Å²) in [5, 5.41) is 10.4. The van der Waals surface area contributed by atoms with Gasteiger partial charge in [-0.15, -0.1) is 0 Å². The van der Waals surface area contributed by atoms with Crippen molar-refractivity contribution in [2.45, 2.75) is 25.3 Å². The molecule has 2 aromatic heterocycles. The quantitative estimate of drug-likeness (QED) is 0.637. The van der Waals surface area contributed by atoms with Crippen LogP contribution in [0.15, 0.2) is 49.3 Å². The first-order chi connectivity index (χ1) is 15.1. The average Bonchev–Trinajstić information content (AvgIpc) is 3.00. The van der Waals surface area contributed by atoms with Gasteiger partial charge >= 0.3 is 0 Å². The van der Waals surface area contributed by atoms with E-state index in [1.54, 1.807) is 18.1 Å². The minimum absolute atomic E-state index is 0.0847. The molecule has 9 heteroatoms. The van der Waals surface area contributed by atoms with Gasteiger partial charge in [-0.1, -0.05) is 12.6 Å². The standard InChI is InChI=1S/C22H24N6O3/c1-3-19(29)27-12-5-4-7-16(14-27)28-20-17(8-6-9-18(20)31-2)25-22(28)26-21(30)15-10-11-23-24-13-15/h3,6,8-11,13,16H,1,4-5,7,12,14H2,2H3,(H,25,26,30). The average molecular weight is 420 g/mol. The number of aromatic nitrogens is 4. The molecule has 0 saturated carbocycles. The molecule has 0 radical (unpaired) electrons. The molecule has 0 spiro atoms. The molecule has 1 aromatic carbocycles. The summed E-state index contributed by atoms with van der Waals surface area (Å²) in [4.78, 5) is 31.6. The van der Waals surface area contributed by atoms with Gasteiger partial charge in [-0.3, -0.25) is 14.9 Å². The Bertz CT molecular complexity index is 1110. The summed E-state index contributed by atoms with van der Waals surface area (Å²) in [6, 6.07) is 7.10. The number of hydrogen-bond acceptors (Lipinski definition) is 6. The van der Waals surface area contributed by atoms with Crippen molar-refractivity contribution >= 4 is 28.8 Å². The first-order valence-corrected chi connectivity index (χ1v) is 10.2. The molecule has 4 rings (SSSR count). The molecule has 31 heavy (non-hydrogen) atoms. The topological polar surface area (TPSA) is 102 Å². The molecule has 3 aromatic rings. The highest BCUT2D eigenvalue weighted by molar-refractivity contribution is 6.04. The second kappa shape index (κ2) is 8.95. The maximum Gasteiger partial charge on any atom is 0.259 e. The Morgan fingerprint density at radius 1 is 1.26 bits per heavy atom. The number of rotatable bonds is 5. The second-order valence-corrected chi connectivity index (χ2v) is 7.36. The smallest absolute Gasteiger partial charge is 0.259 e. The Labute approximate surface area is 179 Å². The molecule has 3 heterocycles. The Balaban J connectivity index is 1.79. The number of fused-ring (bicyclic) bond motifs is 1. The highest BCUT2D eigenvalue weighted by atomic mass is 16.5. The van der Waals surface area contributed by atoms with Crippen LogP contribution >= 0.6 is 0 Å². The summed E-state index contributed by atoms with van der Waals surface area (Å²) >= 11 is 0. The fraction of sp³-hybridized carbons (Fsp3) is 0.318. The number of para-hydroxylation sites is 1. The van der Waals surface area contributed by atoms with Gasteiger partial charge in [0, 0.05) is 13.1 Å². The van der Waals surface area contributed by atoms with Gasteiger partial charge < -0.3 is 14.2 Å². The Morgan fingerprint density at radius 3 is 2.87 bits per heavy atom. The predicted molar refractivity (Wildman–Crippen MR) is 116 cm³/mol. The van der Waals surface area contributed by atoms with Crippen molar-refractivity contribution in [3.63, 3.8) is 0 Å². The Morgan fingerprint density at radius 2 is 2.13 bits per heavy atom. The number of ether oxygens (including phenoxy) is 1. The van der Waals surface area contributed by atoms with E-state index in [2.05, 4.69) is 27.1 Å². The third-order valence-corrected chi connectivity index (χ3v) is 5.46. The van der Waals surface area contributed by atoms with Crippen LogP contribution in [0.5, 0.6) is 5.75 Å². The second-order valence-electron chi connectivity index (χ2n) is 7.36. The van der Waals surface area contributed by atoms with Crippen LogP contribution in [0, 0.1) is 0 Å². The molecule has 1 atom stereocenters. The molecule has 2 amide bonds. The van der Waals surface area contributed by atoms with Gasteiger partial charge in [0.2, 0.25) is 11.9 Å². The number of benzene rings is 1. The van der Waals surface area contributed by atoms with Crippen LogP contribution in [-0.2, 0) is 4.79 Å². The number of carbonyl (C=O) groups is 2. The number of nitrogens with one attached hydrogen (secondary N) is 1. The highest BCUT2D eigenvalue weighted by Gasteiger charge is 2.27. The van der Waals surface area contributed by atoms with Crippen molar-refractivity contribution in [2.75, 3.05) is 25.5 Å². The molecule has 1 N–H and O–H groups in total. The normalized spacial score (nSPS) is 16.5. The first kappa shape index (κ1) is 20.5. The van der Waals surface area contributed by atoms with Gasteiger partial charge in [0.05, 0.1) is 36.6 Å². The van der Waals surface area contributed by atoms with E-state index in [-0.39, 0.29) is 17.9 Å². The van der Waals surface area contributed by atoms with Gasteiger partial charge in [-0.2, -0.15) is 10.2 Å². The molecule has 160 valence electrons. The number of hydrogen-bond donors (Lipinski definition) is 1. The van der Waals surface area contributed by atoms with Gasteiger partial charge in [0.25, 0.3) is 5.91 Å². The number of likely N-dealkylation sites (tertiary alicyclic amines) is 1. The summed E-state index contributed by atoms with van der Waals surface area (Å²) in [7, 11) is 1.60. The van der Waals surface area contributed by atoms with Crippen molar-refractivity contribution < 1.29 is 14.3 Å². The Kier molecular flexibility index (Phi) is 5.92. The fourth-order valence-electron chi connectivity index (χ4n) is 3.98. The van der Waals surface area contributed by atoms with E-state index in [9.17, 15) is 9.59 Å². The lowest BCUT2D eigenvalue weighted by atomic mass is 10.1. The first-order valence-electron chi connectivity index (χ1n) is 10.2. The SMILES string of the molecule is C=CC(=O)N1CCCCC(n2c(NC(=O)c3ccnnc3)nc3cccc(OC)c32)C1. The van der Waals surface area contributed by atoms with Crippen LogP contribution in [0.25, 0.3) is 11.0 Å². The van der Waals surface area contributed by atoms with Crippen LogP contribution in [-0.4, -0.2) is 56.7 Å². The zero-order valence-electron chi connectivity index (χ0n) is 17.3. The fourth-order valence-corrected chi connectivity index (χ4v) is 3.98. The summed E-state index contributed by atoms with van der Waals surface area (Å²) < 4.78 is 7.58. The van der Waals surface area contributed by atoms with E-state index in [1.165, 1.54) is 18.5 Å². The van der Waals surface area contributed by atoms with Gasteiger partial charge in [0.15, 0.2) is 0 Å². The van der Waals surface area contributed by atoms with Crippen LogP contribution in [0.1, 0.15) is 35.7 Å². The minimum atomic E-state index is -0.335. The zero-order chi connectivity index (χ0) is 21.8. The summed E-state index contributed by atoms with van der Waals surface area (Å²) in [5.74, 6) is 0.621. The molecule has 0 aliphatic carbocycles. The monoisotopic (exact) mass is 420 g/mol. The molecule has 1 aliphatic heterocycles. The summed E-state index contributed by atoms with van der Waals surface area (Å²) in [6.07, 6.45) is 6.90. The van der Waals surface area contributed by atoms with E-state index in [1.807, 2.05) is 22.8 Å². The number of methoxy groups -OCH3 is 1. The predicted octanol–water partition coefficient (Wildman–Crippen LogP) is 2.83. The minimum Gasteiger partial charge on any atom is -0.494 e. The van der Waals surface area contributed by atoms with Crippen molar-refractivity contribution in [3.8, 4) is 5.75 Å². The molecular formula is C22H24N6O3.